The average Bonchev–Trinajstić information content (AvgIpc) is 3.67. The molecule has 1 N–H and O–H groups in total. The van der Waals surface area contributed by atoms with Crippen LogP contribution in [0, 0.1) is 5.92 Å². The van der Waals surface area contributed by atoms with Crippen LogP contribution in [-0.4, -0.2) is 74.9 Å². The lowest BCUT2D eigenvalue weighted by atomic mass is 9.79. The number of ether oxygens (including phenoxy) is 3. The summed E-state index contributed by atoms with van der Waals surface area (Å²) in [5, 5.41) is 2.94. The molecule has 0 unspecified atom stereocenters. The van der Waals surface area contributed by atoms with Crippen molar-refractivity contribution in [2.45, 2.75) is 102 Å². The Balaban J connectivity index is 1.16. The van der Waals surface area contributed by atoms with Crippen LogP contribution in [0.5, 0.6) is 5.88 Å². The van der Waals surface area contributed by atoms with Crippen LogP contribution in [0.25, 0.3) is 16.9 Å². The van der Waals surface area contributed by atoms with E-state index in [1.807, 2.05) is 25.7 Å². The number of Topliss-reactive ketones (excluding diaryl/α,β-unsaturated/α-hetero) is 1. The van der Waals surface area contributed by atoms with Gasteiger partial charge < -0.3 is 24.4 Å². The molecular formula is C34H44F2N6O5. The summed E-state index contributed by atoms with van der Waals surface area (Å²) in [7, 11) is 0. The van der Waals surface area contributed by atoms with Crippen LogP contribution in [0.15, 0.2) is 30.3 Å². The second-order valence-electron chi connectivity index (χ2n) is 13.9. The van der Waals surface area contributed by atoms with Crippen molar-refractivity contribution in [1.82, 2.24) is 24.8 Å². The maximum absolute atomic E-state index is 14.2. The maximum atomic E-state index is 14.2. The third-order valence-corrected chi connectivity index (χ3v) is 9.27. The van der Waals surface area contributed by atoms with Gasteiger partial charge in [-0.25, -0.2) is 18.6 Å². The van der Waals surface area contributed by atoms with E-state index in [9.17, 15) is 18.4 Å². The molecule has 0 atom stereocenters. The molecule has 1 aliphatic heterocycles. The first-order chi connectivity index (χ1) is 22.5. The number of halogens is 2. The summed E-state index contributed by atoms with van der Waals surface area (Å²) in [6, 6.07) is 8.59. The predicted octanol–water partition coefficient (Wildman–Crippen LogP) is 6.32. The number of nitrogens with one attached hydrogen (secondary N) is 1. The Labute approximate surface area is 273 Å². The quantitative estimate of drug-likeness (QED) is 0.282. The normalized spacial score (nSPS) is 21.6. The molecule has 0 bridgehead atoms. The summed E-state index contributed by atoms with van der Waals surface area (Å²) in [6.07, 6.45) is 2.93. The molecule has 3 fully saturated rings. The Bertz CT molecular complexity index is 1570. The third-order valence-electron chi connectivity index (χ3n) is 9.27. The number of carbonyl (C=O) groups excluding carboxylic acids is 2. The number of fused-ring (bicyclic) bond motifs is 1. The van der Waals surface area contributed by atoms with Gasteiger partial charge in [-0.15, -0.1) is 0 Å². The van der Waals surface area contributed by atoms with Gasteiger partial charge in [-0.1, -0.05) is 25.0 Å². The van der Waals surface area contributed by atoms with Gasteiger partial charge in [-0.05, 0) is 77.3 Å². The van der Waals surface area contributed by atoms with E-state index in [2.05, 4.69) is 10.3 Å². The number of hydrogen-bond acceptors (Lipinski definition) is 9. The Kier molecular flexibility index (Phi) is 9.63. The lowest BCUT2D eigenvalue weighted by Gasteiger charge is -2.33. The lowest BCUT2D eigenvalue weighted by molar-refractivity contribution is -0.126. The number of para-hydroxylation sites is 2. The molecule has 3 aliphatic rings. The number of morpholine rings is 1. The molecule has 3 heterocycles. The Hall–Kier alpha value is -3.87. The highest BCUT2D eigenvalue weighted by Gasteiger charge is 2.44. The Morgan fingerprint density at radius 1 is 1.04 bits per heavy atom. The number of alkyl carbamates (subject to hydrolysis) is 1. The van der Waals surface area contributed by atoms with Gasteiger partial charge in [-0.3, -0.25) is 9.36 Å². The fourth-order valence-corrected chi connectivity index (χ4v) is 6.95. The van der Waals surface area contributed by atoms with Gasteiger partial charge in [0.1, 0.15) is 23.1 Å². The molecule has 13 heteroatoms. The highest BCUT2D eigenvalue weighted by atomic mass is 19.3. The zero-order valence-corrected chi connectivity index (χ0v) is 27.3. The highest BCUT2D eigenvalue weighted by molar-refractivity contribution is 5.92. The van der Waals surface area contributed by atoms with Crippen molar-refractivity contribution in [2.75, 3.05) is 31.2 Å². The maximum Gasteiger partial charge on any atom is 0.408 e. The molecule has 11 nitrogen and oxygen atoms in total. The Morgan fingerprint density at radius 3 is 2.43 bits per heavy atom. The number of hydrogen-bond donors (Lipinski definition) is 1. The van der Waals surface area contributed by atoms with Gasteiger partial charge in [-0.2, -0.15) is 9.97 Å². The minimum absolute atomic E-state index is 0.0724. The van der Waals surface area contributed by atoms with Crippen LogP contribution in [0.2, 0.25) is 0 Å². The molecule has 1 amide bonds. The number of benzene rings is 1. The third kappa shape index (κ3) is 7.66. The number of carbonyl (C=O) groups is 2. The molecule has 2 aromatic heterocycles. The number of alkyl halides is 2. The second-order valence-corrected chi connectivity index (χ2v) is 13.9. The zero-order valence-electron chi connectivity index (χ0n) is 27.3. The van der Waals surface area contributed by atoms with Crippen LogP contribution < -0.4 is 15.0 Å². The number of rotatable bonds is 9. The second kappa shape index (κ2) is 13.7. The SMILES string of the molecule is CC(C)(C)OC(=O)NC1(C(=O)CC2CCC(Oc3cc(-n4c(C(F)F)nc5ccccc54)nc(N4CCOCC4)n3)CC2)CCCC1. The fraction of sp³-hybridized carbons (Fsp3) is 0.618. The summed E-state index contributed by atoms with van der Waals surface area (Å²) in [6.45, 7) is 7.58. The number of aromatic nitrogens is 4. The number of amides is 1. The number of nitrogens with zero attached hydrogens (tertiary/aromatic N) is 5. The van der Waals surface area contributed by atoms with E-state index < -0.39 is 29.5 Å². The lowest BCUT2D eigenvalue weighted by Crippen LogP contribution is -2.54. The van der Waals surface area contributed by atoms with E-state index in [-0.39, 0.29) is 23.6 Å². The minimum Gasteiger partial charge on any atom is -0.474 e. The van der Waals surface area contributed by atoms with Crippen molar-refractivity contribution >= 4 is 28.9 Å². The van der Waals surface area contributed by atoms with Gasteiger partial charge in [0.05, 0.1) is 24.2 Å². The smallest absolute Gasteiger partial charge is 0.408 e. The molecule has 6 rings (SSSR count). The average molecular weight is 655 g/mol. The molecule has 0 spiro atoms. The van der Waals surface area contributed by atoms with Crippen LogP contribution in [0.1, 0.15) is 90.8 Å². The summed E-state index contributed by atoms with van der Waals surface area (Å²) >= 11 is 0. The number of imidazole rings is 1. The van der Waals surface area contributed by atoms with Gasteiger partial charge in [0.25, 0.3) is 6.43 Å². The summed E-state index contributed by atoms with van der Waals surface area (Å²) in [5.41, 5.74) is -0.536. The monoisotopic (exact) mass is 654 g/mol. The molecular weight excluding hydrogens is 610 g/mol. The first-order valence-corrected chi connectivity index (χ1v) is 16.7. The van der Waals surface area contributed by atoms with Crippen molar-refractivity contribution in [3.63, 3.8) is 0 Å². The standard InChI is InChI=1S/C34H44F2N6O5/c1-33(2,3)47-32(44)40-34(14-6-7-15-34)26(43)20-22-10-12-23(13-11-22)46-28-21-27(38-31(39-28)41-16-18-45-19-17-41)42-25-9-5-4-8-24(25)37-30(42)29(35)36/h4-5,8-9,21-23,29H,6-7,10-20H2,1-3H3,(H,40,44). The fourth-order valence-electron chi connectivity index (χ4n) is 6.95. The van der Waals surface area contributed by atoms with Gasteiger partial charge >= 0.3 is 6.09 Å². The molecule has 2 saturated carbocycles. The van der Waals surface area contributed by atoms with E-state index >= 15 is 0 Å². The van der Waals surface area contributed by atoms with Gasteiger partial charge in [0.15, 0.2) is 11.6 Å². The van der Waals surface area contributed by atoms with E-state index in [0.717, 1.165) is 25.7 Å². The topological polar surface area (TPSA) is 121 Å². The number of anilines is 1. The van der Waals surface area contributed by atoms with E-state index in [1.54, 1.807) is 30.3 Å². The van der Waals surface area contributed by atoms with E-state index in [1.165, 1.54) is 4.57 Å². The molecule has 3 aromatic rings. The molecule has 1 saturated heterocycles. The predicted molar refractivity (Wildman–Crippen MR) is 171 cm³/mol. The van der Waals surface area contributed by atoms with E-state index in [0.29, 0.717) is 81.3 Å². The van der Waals surface area contributed by atoms with Gasteiger partial charge in [0.2, 0.25) is 11.8 Å². The number of ketones is 1. The summed E-state index contributed by atoms with van der Waals surface area (Å²) < 4.78 is 47.2. The highest BCUT2D eigenvalue weighted by Crippen LogP contribution is 2.37. The molecule has 0 radical (unpaired) electrons. The van der Waals surface area contributed by atoms with Crippen molar-refractivity contribution in [2.24, 2.45) is 5.92 Å². The zero-order chi connectivity index (χ0) is 33.2. The van der Waals surface area contributed by atoms with Crippen molar-refractivity contribution in [3.8, 4) is 11.7 Å². The summed E-state index contributed by atoms with van der Waals surface area (Å²) in [4.78, 5) is 41.8. The first-order valence-electron chi connectivity index (χ1n) is 16.7. The van der Waals surface area contributed by atoms with Crippen LogP contribution in [0.4, 0.5) is 19.5 Å². The van der Waals surface area contributed by atoms with Crippen LogP contribution in [-0.2, 0) is 14.3 Å². The minimum atomic E-state index is -2.81. The van der Waals surface area contributed by atoms with Crippen molar-refractivity contribution < 1.29 is 32.6 Å². The summed E-state index contributed by atoms with van der Waals surface area (Å²) in [5.74, 6) is 0.812. The van der Waals surface area contributed by atoms with Crippen LogP contribution >= 0.6 is 0 Å². The largest absolute Gasteiger partial charge is 0.474 e. The van der Waals surface area contributed by atoms with Gasteiger partial charge in [0, 0.05) is 25.6 Å². The van der Waals surface area contributed by atoms with Crippen molar-refractivity contribution in [3.05, 3.63) is 36.2 Å². The molecule has 1 aromatic carbocycles. The van der Waals surface area contributed by atoms with Crippen LogP contribution in [0.3, 0.4) is 0 Å². The van der Waals surface area contributed by atoms with E-state index in [4.69, 9.17) is 24.2 Å². The Morgan fingerprint density at radius 2 is 1.74 bits per heavy atom. The molecule has 47 heavy (non-hydrogen) atoms. The first kappa shape index (κ1) is 33.0. The molecule has 2 aliphatic carbocycles. The molecule has 254 valence electrons. The van der Waals surface area contributed by atoms with Crippen molar-refractivity contribution in [1.29, 1.82) is 0 Å².